The van der Waals surface area contributed by atoms with Crippen molar-refractivity contribution in [2.24, 2.45) is 7.05 Å². The van der Waals surface area contributed by atoms with Crippen molar-refractivity contribution in [1.29, 1.82) is 0 Å². The van der Waals surface area contributed by atoms with E-state index in [1.165, 1.54) is 4.68 Å². The predicted octanol–water partition coefficient (Wildman–Crippen LogP) is 4.41. The number of nitrogens with zero attached hydrogens (tertiary/aromatic N) is 2. The van der Waals surface area contributed by atoms with Crippen molar-refractivity contribution >= 4 is 23.2 Å². The topological polar surface area (TPSA) is 85.1 Å². The second-order valence-electron chi connectivity index (χ2n) is 8.87. The molecular formula is C28H26N4O3. The molecule has 0 bridgehead atoms. The molecule has 2 N–H and O–H groups in total. The van der Waals surface area contributed by atoms with Crippen LogP contribution in [0.4, 0.5) is 11.4 Å². The number of hydrogen-bond acceptors (Lipinski definition) is 3. The monoisotopic (exact) mass is 466 g/mol. The molecule has 0 unspecified atom stereocenters. The second-order valence-corrected chi connectivity index (χ2v) is 8.87. The van der Waals surface area contributed by atoms with Gasteiger partial charge >= 0.3 is 0 Å². The molecule has 0 radical (unpaired) electrons. The van der Waals surface area contributed by atoms with Gasteiger partial charge in [0.1, 0.15) is 5.69 Å². The Kier molecular flexibility index (Phi) is 5.61. The largest absolute Gasteiger partial charge is 0.325 e. The van der Waals surface area contributed by atoms with Gasteiger partial charge in [0.2, 0.25) is 5.91 Å². The number of carbonyl (C=O) groups is 2. The lowest BCUT2D eigenvalue weighted by Gasteiger charge is -2.16. The summed E-state index contributed by atoms with van der Waals surface area (Å²) >= 11 is 0. The van der Waals surface area contributed by atoms with Crippen LogP contribution in [0.15, 0.2) is 89.7 Å². The Hall–Kier alpha value is -4.39. The normalized spacial score (nSPS) is 13.8. The first-order chi connectivity index (χ1) is 16.9. The summed E-state index contributed by atoms with van der Waals surface area (Å²) in [6.45, 7) is 1.78. The summed E-state index contributed by atoms with van der Waals surface area (Å²) in [4.78, 5) is 39.3. The molecule has 7 heteroatoms. The lowest BCUT2D eigenvalue weighted by molar-refractivity contribution is -0.118. The highest BCUT2D eigenvalue weighted by Crippen LogP contribution is 2.48. The van der Waals surface area contributed by atoms with Crippen LogP contribution >= 0.6 is 0 Å². The summed E-state index contributed by atoms with van der Waals surface area (Å²) in [5.41, 5.74) is 2.63. The standard InChI is InChI=1S/C28H26N4O3/c1-19-24(26(34)32(31(19)2)23-14-7-4-8-15-23)30-25(33)20-10-9-13-22(18-20)29-27(35)28(16-17-28)21-11-5-3-6-12-21/h3-15,18H,16-17H2,1-2H3,(H,29,35)(H,30,33). The molecule has 4 aromatic rings. The minimum Gasteiger partial charge on any atom is -0.325 e. The van der Waals surface area contributed by atoms with E-state index in [-0.39, 0.29) is 17.2 Å². The van der Waals surface area contributed by atoms with Crippen LogP contribution < -0.4 is 16.2 Å². The summed E-state index contributed by atoms with van der Waals surface area (Å²) in [6.07, 6.45) is 1.59. The molecule has 1 heterocycles. The van der Waals surface area contributed by atoms with Crippen LogP contribution in [0.1, 0.15) is 34.5 Å². The van der Waals surface area contributed by atoms with E-state index >= 15 is 0 Å². The van der Waals surface area contributed by atoms with Crippen LogP contribution in [0.25, 0.3) is 5.69 Å². The van der Waals surface area contributed by atoms with Gasteiger partial charge in [-0.3, -0.25) is 19.1 Å². The Morgan fingerprint density at radius 3 is 2.17 bits per heavy atom. The molecule has 5 rings (SSSR count). The van der Waals surface area contributed by atoms with E-state index in [1.807, 2.05) is 60.7 Å². The van der Waals surface area contributed by atoms with Crippen molar-refractivity contribution in [3.8, 4) is 5.69 Å². The Balaban J connectivity index is 1.36. The van der Waals surface area contributed by atoms with Crippen molar-refractivity contribution in [1.82, 2.24) is 9.36 Å². The highest BCUT2D eigenvalue weighted by Gasteiger charge is 2.51. The number of rotatable bonds is 6. The SMILES string of the molecule is Cc1c(NC(=O)c2cccc(NC(=O)C3(c4ccccc4)CC3)c2)c(=O)n(-c2ccccc2)n1C. The first-order valence-electron chi connectivity index (χ1n) is 11.5. The average molecular weight is 467 g/mol. The van der Waals surface area contributed by atoms with Crippen LogP contribution in [0.5, 0.6) is 0 Å². The molecule has 0 spiro atoms. The molecule has 0 atom stereocenters. The minimum atomic E-state index is -0.511. The van der Waals surface area contributed by atoms with Crippen molar-refractivity contribution < 1.29 is 9.59 Å². The second kappa shape index (κ2) is 8.76. The van der Waals surface area contributed by atoms with Gasteiger partial charge in [0.25, 0.3) is 11.5 Å². The molecule has 1 aliphatic rings. The number of aromatic nitrogens is 2. The number of benzene rings is 3. The maximum absolute atomic E-state index is 13.1. The van der Waals surface area contributed by atoms with Crippen LogP contribution in [0, 0.1) is 6.92 Å². The van der Waals surface area contributed by atoms with E-state index in [0.29, 0.717) is 22.6 Å². The summed E-state index contributed by atoms with van der Waals surface area (Å²) in [7, 11) is 1.77. The molecule has 0 aliphatic heterocycles. The molecular weight excluding hydrogens is 440 g/mol. The van der Waals surface area contributed by atoms with Gasteiger partial charge in [0, 0.05) is 18.3 Å². The van der Waals surface area contributed by atoms with E-state index in [4.69, 9.17) is 0 Å². The van der Waals surface area contributed by atoms with Crippen LogP contribution in [-0.2, 0) is 17.3 Å². The third-order valence-electron chi connectivity index (χ3n) is 6.69. The molecule has 1 saturated carbocycles. The zero-order chi connectivity index (χ0) is 24.6. The highest BCUT2D eigenvalue weighted by atomic mass is 16.2. The van der Waals surface area contributed by atoms with Crippen molar-refractivity contribution in [2.75, 3.05) is 10.6 Å². The molecule has 3 aromatic carbocycles. The zero-order valence-electron chi connectivity index (χ0n) is 19.6. The predicted molar refractivity (Wildman–Crippen MR) is 136 cm³/mol. The molecule has 2 amide bonds. The van der Waals surface area contributed by atoms with E-state index in [2.05, 4.69) is 10.6 Å². The average Bonchev–Trinajstić information content (AvgIpc) is 3.67. The van der Waals surface area contributed by atoms with Crippen LogP contribution in [0.2, 0.25) is 0 Å². The lowest BCUT2D eigenvalue weighted by Crippen LogP contribution is -2.28. The Morgan fingerprint density at radius 1 is 0.857 bits per heavy atom. The van der Waals surface area contributed by atoms with E-state index < -0.39 is 11.3 Å². The molecule has 0 saturated heterocycles. The molecule has 35 heavy (non-hydrogen) atoms. The van der Waals surface area contributed by atoms with Crippen LogP contribution in [-0.4, -0.2) is 21.2 Å². The third kappa shape index (κ3) is 4.05. The number of amides is 2. The minimum absolute atomic E-state index is 0.0779. The van der Waals surface area contributed by atoms with E-state index in [1.54, 1.807) is 42.9 Å². The maximum Gasteiger partial charge on any atom is 0.295 e. The molecule has 1 aromatic heterocycles. The first-order valence-corrected chi connectivity index (χ1v) is 11.5. The number of para-hydroxylation sites is 1. The van der Waals surface area contributed by atoms with Crippen LogP contribution in [0.3, 0.4) is 0 Å². The first kappa shape index (κ1) is 22.4. The van der Waals surface area contributed by atoms with Crippen molar-refractivity contribution in [3.63, 3.8) is 0 Å². The van der Waals surface area contributed by atoms with E-state index in [0.717, 1.165) is 18.4 Å². The van der Waals surface area contributed by atoms with Crippen molar-refractivity contribution in [3.05, 3.63) is 112 Å². The number of anilines is 2. The number of nitrogens with one attached hydrogen (secondary N) is 2. The molecule has 1 fully saturated rings. The Bertz CT molecular complexity index is 1470. The third-order valence-corrected chi connectivity index (χ3v) is 6.69. The Morgan fingerprint density at radius 2 is 1.51 bits per heavy atom. The van der Waals surface area contributed by atoms with Gasteiger partial charge in [-0.2, -0.15) is 0 Å². The zero-order valence-corrected chi connectivity index (χ0v) is 19.6. The summed E-state index contributed by atoms with van der Waals surface area (Å²) < 4.78 is 3.23. The summed E-state index contributed by atoms with van der Waals surface area (Å²) in [5.74, 6) is -0.498. The van der Waals surface area contributed by atoms with Gasteiger partial charge in [-0.05, 0) is 55.7 Å². The number of carbonyl (C=O) groups excluding carboxylic acids is 2. The lowest BCUT2D eigenvalue weighted by atomic mass is 9.95. The summed E-state index contributed by atoms with van der Waals surface area (Å²) in [5, 5.41) is 5.74. The Labute approximate surface area is 203 Å². The van der Waals surface area contributed by atoms with Gasteiger partial charge < -0.3 is 10.6 Å². The fraction of sp³-hybridized carbons (Fsp3) is 0.179. The van der Waals surface area contributed by atoms with E-state index in [9.17, 15) is 14.4 Å². The van der Waals surface area contributed by atoms with Gasteiger partial charge in [-0.25, -0.2) is 4.68 Å². The van der Waals surface area contributed by atoms with Crippen molar-refractivity contribution in [2.45, 2.75) is 25.2 Å². The van der Waals surface area contributed by atoms with Gasteiger partial charge in [0.15, 0.2) is 0 Å². The van der Waals surface area contributed by atoms with Gasteiger partial charge in [-0.15, -0.1) is 0 Å². The quantitative estimate of drug-likeness (QED) is 0.442. The summed E-state index contributed by atoms with van der Waals surface area (Å²) in [6, 6.07) is 25.8. The van der Waals surface area contributed by atoms with Gasteiger partial charge in [0.05, 0.1) is 16.8 Å². The number of hydrogen-bond donors (Lipinski definition) is 2. The smallest absolute Gasteiger partial charge is 0.295 e. The fourth-order valence-corrected chi connectivity index (χ4v) is 4.42. The molecule has 176 valence electrons. The fourth-order valence-electron chi connectivity index (χ4n) is 4.42. The molecule has 1 aliphatic carbocycles. The maximum atomic E-state index is 13.1. The highest BCUT2D eigenvalue weighted by molar-refractivity contribution is 6.06. The van der Waals surface area contributed by atoms with Gasteiger partial charge in [-0.1, -0.05) is 54.6 Å². The molecule has 7 nitrogen and oxygen atoms in total.